The quantitative estimate of drug-likeness (QED) is 0.121. The molecule has 0 aliphatic rings. The number of carbonyl (C=O) groups excluding carboxylic acids is 2. The number of methoxy groups -OCH3 is 1. The third kappa shape index (κ3) is 18.8. The highest BCUT2D eigenvalue weighted by molar-refractivity contribution is 6.31. The minimum Gasteiger partial charge on any atom is -0.466 e. The Balaban J connectivity index is 0.000000826. The minimum absolute atomic E-state index is 0.0490. The molecule has 1 heterocycles. The van der Waals surface area contributed by atoms with Gasteiger partial charge in [0, 0.05) is 30.8 Å². The topological polar surface area (TPSA) is 101 Å². The number of primary amides is 1. The van der Waals surface area contributed by atoms with E-state index in [0.717, 1.165) is 30.4 Å². The normalized spacial score (nSPS) is 12.7. The fraction of sp³-hybridized carbons (Fsp3) is 0.548. The van der Waals surface area contributed by atoms with Crippen molar-refractivity contribution in [3.05, 3.63) is 98.0 Å². The molecule has 0 saturated heterocycles. The van der Waals surface area contributed by atoms with E-state index in [1.54, 1.807) is 40.1 Å². The summed E-state index contributed by atoms with van der Waals surface area (Å²) in [7, 11) is 1.80. The zero-order chi connectivity index (χ0) is 40.0. The highest BCUT2D eigenvalue weighted by Gasteiger charge is 2.21. The SMILES string of the molecule is C=C(Cl)/C=C(\C=C(/F)CCC(=O)OCC)c1c(C)cc(F)cc1C.CCCCC(CC)OC.CCCc1cn(C(CC(C)C)C(N)=O)c(=O)cc1C. The molecule has 0 fully saturated rings. The average Bonchev–Trinajstić information content (AvgIpc) is 3.04. The van der Waals surface area contributed by atoms with E-state index in [1.807, 2.05) is 20.8 Å². The molecule has 1 aromatic carbocycles. The molecule has 0 saturated carbocycles. The van der Waals surface area contributed by atoms with Gasteiger partial charge in [0.15, 0.2) is 0 Å². The molecule has 2 N–H and O–H groups in total. The van der Waals surface area contributed by atoms with E-state index < -0.39 is 23.7 Å². The predicted octanol–water partition coefficient (Wildman–Crippen LogP) is 10.6. The van der Waals surface area contributed by atoms with Gasteiger partial charge in [-0.15, -0.1) is 0 Å². The van der Waals surface area contributed by atoms with Crippen molar-refractivity contribution in [2.24, 2.45) is 11.7 Å². The summed E-state index contributed by atoms with van der Waals surface area (Å²) in [6.45, 7) is 21.5. The molecular weight excluding hydrogens is 686 g/mol. The molecule has 2 unspecified atom stereocenters. The number of halogens is 3. The minimum atomic E-state index is -0.552. The van der Waals surface area contributed by atoms with Crippen LogP contribution in [0.25, 0.3) is 5.57 Å². The van der Waals surface area contributed by atoms with Crippen molar-refractivity contribution in [3.63, 3.8) is 0 Å². The lowest BCUT2D eigenvalue weighted by Gasteiger charge is -2.20. The molecule has 2 atom stereocenters. The van der Waals surface area contributed by atoms with Gasteiger partial charge in [0.05, 0.1) is 19.1 Å². The number of rotatable bonds is 18. The number of ether oxygens (including phenoxy) is 2. The van der Waals surface area contributed by atoms with Crippen LogP contribution in [0.5, 0.6) is 0 Å². The Bertz CT molecular complexity index is 1520. The standard InChI is InChI=1S/C19H21ClF2O2.C15H24N2O2.C8H18O/c1-5-24-18(23)7-6-16(21)11-15(10-14(4)20)19-12(2)8-17(22)9-13(19)3;1-5-6-12-9-17(14(18)8-11(12)4)13(15(16)19)7-10(2)3;1-4-6-7-8(5-2)9-3/h8-11H,4-7H2,1-3H3;8-10,13H,5-7H2,1-4H3,(H2,16,19);8H,4-7H2,1-3H3/b15-10+,16-11-;;. The number of aromatic nitrogens is 1. The maximum absolute atomic E-state index is 14.2. The largest absolute Gasteiger partial charge is 0.466 e. The molecule has 7 nitrogen and oxygen atoms in total. The number of allylic oxidation sites excluding steroid dienone is 5. The van der Waals surface area contributed by atoms with E-state index >= 15 is 0 Å². The lowest BCUT2D eigenvalue weighted by molar-refractivity contribution is -0.143. The van der Waals surface area contributed by atoms with Gasteiger partial charge in [-0.1, -0.05) is 72.1 Å². The van der Waals surface area contributed by atoms with Gasteiger partial charge in [0.25, 0.3) is 5.56 Å². The van der Waals surface area contributed by atoms with Gasteiger partial charge in [0.2, 0.25) is 5.91 Å². The van der Waals surface area contributed by atoms with Crippen LogP contribution in [0, 0.1) is 32.5 Å². The highest BCUT2D eigenvalue weighted by Crippen LogP contribution is 2.29. The van der Waals surface area contributed by atoms with Crippen LogP contribution in [0.3, 0.4) is 0 Å². The first-order valence-corrected chi connectivity index (χ1v) is 18.7. The van der Waals surface area contributed by atoms with Crippen LogP contribution in [0.1, 0.15) is 127 Å². The van der Waals surface area contributed by atoms with Crippen molar-refractivity contribution >= 4 is 29.1 Å². The molecule has 1 amide bonds. The zero-order valence-corrected chi connectivity index (χ0v) is 33.9. The third-order valence-corrected chi connectivity index (χ3v) is 8.34. The predicted molar refractivity (Wildman–Crippen MR) is 212 cm³/mol. The number of carbonyl (C=O) groups is 2. The molecule has 0 aliphatic carbocycles. The van der Waals surface area contributed by atoms with E-state index in [2.05, 4.69) is 27.4 Å². The maximum Gasteiger partial charge on any atom is 0.306 e. The molecule has 0 bridgehead atoms. The Hall–Kier alpha value is -3.56. The Morgan fingerprint density at radius 1 is 1.00 bits per heavy atom. The fourth-order valence-electron chi connectivity index (χ4n) is 5.61. The number of amides is 1. The van der Waals surface area contributed by atoms with E-state index in [1.165, 1.54) is 48.1 Å². The lowest BCUT2D eigenvalue weighted by Crippen LogP contribution is -2.34. The summed E-state index contributed by atoms with van der Waals surface area (Å²) in [5.41, 5.74) is 9.87. The molecule has 0 radical (unpaired) electrons. The first-order chi connectivity index (χ1) is 24.4. The number of hydrogen-bond acceptors (Lipinski definition) is 5. The number of nitrogens with two attached hydrogens (primary N) is 1. The summed E-state index contributed by atoms with van der Waals surface area (Å²) in [6.07, 6.45) is 12.4. The van der Waals surface area contributed by atoms with E-state index in [4.69, 9.17) is 26.8 Å². The second-order valence-corrected chi connectivity index (χ2v) is 13.8. The number of hydrogen-bond donors (Lipinski definition) is 1. The smallest absolute Gasteiger partial charge is 0.306 e. The van der Waals surface area contributed by atoms with Gasteiger partial charge >= 0.3 is 5.97 Å². The number of benzene rings is 1. The maximum atomic E-state index is 14.2. The molecule has 2 rings (SSSR count). The fourth-order valence-corrected chi connectivity index (χ4v) is 5.73. The van der Waals surface area contributed by atoms with Crippen LogP contribution in [-0.4, -0.2) is 36.3 Å². The number of aryl methyl sites for hydroxylation is 4. The van der Waals surface area contributed by atoms with Crippen molar-refractivity contribution in [1.29, 1.82) is 0 Å². The number of esters is 1. The summed E-state index contributed by atoms with van der Waals surface area (Å²) in [5, 5.41) is 0.225. The second kappa shape index (κ2) is 26.2. The monoisotopic (exact) mass is 748 g/mol. The first-order valence-electron chi connectivity index (χ1n) is 18.3. The van der Waals surface area contributed by atoms with E-state index in [0.29, 0.717) is 40.7 Å². The number of nitrogens with zero attached hydrogens (tertiary/aromatic N) is 1. The third-order valence-electron chi connectivity index (χ3n) is 8.23. The van der Waals surface area contributed by atoms with Gasteiger partial charge in [-0.25, -0.2) is 8.78 Å². The average molecular weight is 749 g/mol. The van der Waals surface area contributed by atoms with Crippen LogP contribution in [-0.2, 0) is 25.5 Å². The molecule has 52 heavy (non-hydrogen) atoms. The molecule has 0 aliphatic heterocycles. The molecular formula is C42H63ClF2N2O5. The molecule has 292 valence electrons. The molecule has 1 aromatic heterocycles. The summed E-state index contributed by atoms with van der Waals surface area (Å²) < 4.78 is 39.1. The van der Waals surface area contributed by atoms with E-state index in [-0.39, 0.29) is 35.9 Å². The van der Waals surface area contributed by atoms with Crippen LogP contribution >= 0.6 is 11.6 Å². The first kappa shape index (κ1) is 48.4. The Kier molecular flexibility index (Phi) is 24.4. The summed E-state index contributed by atoms with van der Waals surface area (Å²) >= 11 is 5.84. The van der Waals surface area contributed by atoms with Crippen molar-refractivity contribution in [1.82, 2.24) is 4.57 Å². The van der Waals surface area contributed by atoms with Gasteiger partial charge in [-0.3, -0.25) is 14.4 Å². The molecule has 0 spiro atoms. The number of pyridine rings is 1. The lowest BCUT2D eigenvalue weighted by atomic mass is 9.94. The van der Waals surface area contributed by atoms with Gasteiger partial charge < -0.3 is 19.8 Å². The molecule has 2 aromatic rings. The zero-order valence-electron chi connectivity index (χ0n) is 33.2. The van der Waals surface area contributed by atoms with E-state index in [9.17, 15) is 23.2 Å². The highest BCUT2D eigenvalue weighted by atomic mass is 35.5. The van der Waals surface area contributed by atoms with Gasteiger partial charge in [-0.05, 0) is 117 Å². The summed E-state index contributed by atoms with van der Waals surface area (Å²) in [5.74, 6) is -1.44. The van der Waals surface area contributed by atoms with Crippen molar-refractivity contribution in [2.45, 2.75) is 132 Å². The van der Waals surface area contributed by atoms with Gasteiger partial charge in [0.1, 0.15) is 17.7 Å². The van der Waals surface area contributed by atoms with Crippen LogP contribution in [0.15, 0.2) is 58.8 Å². The Morgan fingerprint density at radius 3 is 2.08 bits per heavy atom. The summed E-state index contributed by atoms with van der Waals surface area (Å²) in [4.78, 5) is 35.0. The Morgan fingerprint density at radius 2 is 1.62 bits per heavy atom. The van der Waals surface area contributed by atoms with Crippen molar-refractivity contribution in [3.8, 4) is 0 Å². The van der Waals surface area contributed by atoms with Crippen LogP contribution < -0.4 is 11.3 Å². The van der Waals surface area contributed by atoms with Gasteiger partial charge in [-0.2, -0.15) is 0 Å². The number of unbranched alkanes of at least 4 members (excludes halogenated alkanes) is 1. The summed E-state index contributed by atoms with van der Waals surface area (Å²) in [6, 6.07) is 3.79. The second-order valence-electron chi connectivity index (χ2n) is 13.3. The van der Waals surface area contributed by atoms with Crippen molar-refractivity contribution < 1.29 is 27.8 Å². The van der Waals surface area contributed by atoms with Crippen LogP contribution in [0.2, 0.25) is 0 Å². The van der Waals surface area contributed by atoms with Crippen LogP contribution in [0.4, 0.5) is 8.78 Å². The molecule has 10 heteroatoms. The van der Waals surface area contributed by atoms with Crippen molar-refractivity contribution in [2.75, 3.05) is 13.7 Å². The Labute approximate surface area is 316 Å².